The highest BCUT2D eigenvalue weighted by Gasteiger charge is 2.20. The summed E-state index contributed by atoms with van der Waals surface area (Å²) in [6.45, 7) is 1.70. The van der Waals surface area contributed by atoms with Gasteiger partial charge in [-0.15, -0.1) is 10.2 Å². The molecule has 0 spiro atoms. The number of benzene rings is 2. The number of nitro groups is 1. The fourth-order valence-corrected chi connectivity index (χ4v) is 3.25. The summed E-state index contributed by atoms with van der Waals surface area (Å²) >= 11 is 7.24. The zero-order valence-electron chi connectivity index (χ0n) is 14.1. The van der Waals surface area contributed by atoms with Crippen molar-refractivity contribution < 1.29 is 9.72 Å². The van der Waals surface area contributed by atoms with Gasteiger partial charge in [-0.25, -0.2) is 0 Å². The van der Waals surface area contributed by atoms with E-state index in [1.807, 2.05) is 30.3 Å². The summed E-state index contributed by atoms with van der Waals surface area (Å²) in [6, 6.07) is 13.4. The Balaban J connectivity index is 1.74. The number of thioether (sulfide) groups is 1. The van der Waals surface area contributed by atoms with Crippen molar-refractivity contribution in [1.82, 2.24) is 14.8 Å². The summed E-state index contributed by atoms with van der Waals surface area (Å²) in [7, 11) is 0. The van der Waals surface area contributed by atoms with Crippen LogP contribution in [0.25, 0.3) is 5.69 Å². The van der Waals surface area contributed by atoms with Crippen molar-refractivity contribution in [3.63, 3.8) is 0 Å². The van der Waals surface area contributed by atoms with E-state index in [2.05, 4.69) is 15.5 Å². The lowest BCUT2D eigenvalue weighted by Crippen LogP contribution is -2.23. The van der Waals surface area contributed by atoms with E-state index in [0.717, 1.165) is 5.69 Å². The summed E-state index contributed by atoms with van der Waals surface area (Å²) in [5, 5.41) is 21.7. The first-order valence-corrected chi connectivity index (χ1v) is 9.08. The van der Waals surface area contributed by atoms with Gasteiger partial charge in [0.2, 0.25) is 5.91 Å². The number of rotatable bonds is 6. The maximum absolute atomic E-state index is 12.5. The minimum atomic E-state index is -0.549. The summed E-state index contributed by atoms with van der Waals surface area (Å²) in [5.74, 6) is -0.356. The Bertz CT molecular complexity index is 980. The number of anilines is 1. The van der Waals surface area contributed by atoms with Crippen LogP contribution in [0.3, 0.4) is 0 Å². The second-order valence-corrected chi connectivity index (χ2v) is 7.20. The molecule has 0 bridgehead atoms. The van der Waals surface area contributed by atoms with E-state index in [4.69, 9.17) is 11.6 Å². The second kappa shape index (κ2) is 8.19. The molecule has 3 rings (SSSR count). The molecule has 0 aliphatic rings. The molecule has 1 atom stereocenters. The Morgan fingerprint density at radius 1 is 1.30 bits per heavy atom. The number of hydrogen-bond acceptors (Lipinski definition) is 6. The molecular weight excluding hydrogens is 390 g/mol. The van der Waals surface area contributed by atoms with Gasteiger partial charge in [-0.1, -0.05) is 41.6 Å². The minimum Gasteiger partial charge on any atom is -0.324 e. The molecule has 10 heteroatoms. The maximum atomic E-state index is 12.5. The standard InChI is InChI=1S/C17H14ClN5O3S/c1-11(16(24)20-15-9-13(23(25)26)7-8-14(15)18)27-17-21-19-10-22(17)12-5-3-2-4-6-12/h2-11H,1H3,(H,20,24)/t11-/m0/s1. The Morgan fingerprint density at radius 3 is 2.74 bits per heavy atom. The molecule has 2 aromatic carbocycles. The predicted octanol–water partition coefficient (Wildman–Crippen LogP) is 3.95. The Morgan fingerprint density at radius 2 is 2.04 bits per heavy atom. The smallest absolute Gasteiger partial charge is 0.271 e. The van der Waals surface area contributed by atoms with Crippen molar-refractivity contribution in [2.75, 3.05) is 5.32 Å². The third kappa shape index (κ3) is 4.44. The van der Waals surface area contributed by atoms with Crippen molar-refractivity contribution in [3.05, 3.63) is 70.0 Å². The SMILES string of the molecule is C[C@H](Sc1nncn1-c1ccccc1)C(=O)Nc1cc([N+](=O)[O-])ccc1Cl. The molecule has 0 fully saturated rings. The van der Waals surface area contributed by atoms with Crippen LogP contribution in [0, 0.1) is 10.1 Å². The number of carbonyl (C=O) groups excluding carboxylic acids is 1. The number of para-hydroxylation sites is 1. The highest BCUT2D eigenvalue weighted by Crippen LogP contribution is 2.29. The Kier molecular flexibility index (Phi) is 5.72. The molecular formula is C17H14ClN5O3S. The van der Waals surface area contributed by atoms with E-state index in [1.165, 1.54) is 30.0 Å². The van der Waals surface area contributed by atoms with E-state index in [-0.39, 0.29) is 22.3 Å². The van der Waals surface area contributed by atoms with Gasteiger partial charge in [0.1, 0.15) is 6.33 Å². The third-order valence-electron chi connectivity index (χ3n) is 3.62. The van der Waals surface area contributed by atoms with Gasteiger partial charge in [0.05, 0.1) is 20.9 Å². The average Bonchev–Trinajstić information content (AvgIpc) is 3.12. The molecule has 0 saturated heterocycles. The second-order valence-electron chi connectivity index (χ2n) is 5.49. The summed E-state index contributed by atoms with van der Waals surface area (Å²) in [6.07, 6.45) is 1.57. The Labute approximate surface area is 163 Å². The number of non-ortho nitro benzene ring substituents is 1. The number of amides is 1. The zero-order valence-corrected chi connectivity index (χ0v) is 15.6. The van der Waals surface area contributed by atoms with Crippen molar-refractivity contribution in [2.45, 2.75) is 17.3 Å². The normalized spacial score (nSPS) is 11.8. The van der Waals surface area contributed by atoms with Gasteiger partial charge in [0.25, 0.3) is 5.69 Å². The predicted molar refractivity (Wildman–Crippen MR) is 103 cm³/mol. The first-order chi connectivity index (χ1) is 13.0. The van der Waals surface area contributed by atoms with Gasteiger partial charge in [0, 0.05) is 17.8 Å². The molecule has 0 aliphatic heterocycles. The molecule has 0 saturated carbocycles. The van der Waals surface area contributed by atoms with Crippen LogP contribution in [-0.2, 0) is 4.79 Å². The van der Waals surface area contributed by atoms with Crippen LogP contribution < -0.4 is 5.32 Å². The van der Waals surface area contributed by atoms with Crippen molar-refractivity contribution >= 4 is 40.6 Å². The van der Waals surface area contributed by atoms with Crippen LogP contribution in [0.5, 0.6) is 0 Å². The monoisotopic (exact) mass is 403 g/mol. The molecule has 138 valence electrons. The number of carbonyl (C=O) groups is 1. The van der Waals surface area contributed by atoms with E-state index >= 15 is 0 Å². The third-order valence-corrected chi connectivity index (χ3v) is 5.01. The number of halogens is 1. The number of nitrogens with zero attached hydrogens (tertiary/aromatic N) is 4. The van der Waals surface area contributed by atoms with Crippen LogP contribution in [0.4, 0.5) is 11.4 Å². The van der Waals surface area contributed by atoms with E-state index in [9.17, 15) is 14.9 Å². The van der Waals surface area contributed by atoms with Gasteiger partial charge >= 0.3 is 0 Å². The lowest BCUT2D eigenvalue weighted by molar-refractivity contribution is -0.384. The van der Waals surface area contributed by atoms with Gasteiger partial charge < -0.3 is 5.32 Å². The molecule has 8 nitrogen and oxygen atoms in total. The van der Waals surface area contributed by atoms with Gasteiger partial charge in [-0.05, 0) is 25.1 Å². The van der Waals surface area contributed by atoms with Crippen LogP contribution >= 0.6 is 23.4 Å². The summed E-state index contributed by atoms with van der Waals surface area (Å²) in [4.78, 5) is 22.8. The van der Waals surface area contributed by atoms with Crippen molar-refractivity contribution in [2.24, 2.45) is 0 Å². The first-order valence-electron chi connectivity index (χ1n) is 7.82. The molecule has 0 unspecified atom stereocenters. The summed E-state index contributed by atoms with van der Waals surface area (Å²) in [5.41, 5.74) is 0.908. The molecule has 1 amide bonds. The molecule has 0 aliphatic carbocycles. The maximum Gasteiger partial charge on any atom is 0.271 e. The zero-order chi connectivity index (χ0) is 19.4. The van der Waals surface area contributed by atoms with Crippen LogP contribution in [0.15, 0.2) is 60.0 Å². The largest absolute Gasteiger partial charge is 0.324 e. The van der Waals surface area contributed by atoms with Crippen LogP contribution in [0.2, 0.25) is 5.02 Å². The van der Waals surface area contributed by atoms with Crippen LogP contribution in [0.1, 0.15) is 6.92 Å². The molecule has 1 heterocycles. The fraction of sp³-hybridized carbons (Fsp3) is 0.118. The van der Waals surface area contributed by atoms with Crippen LogP contribution in [-0.4, -0.2) is 30.8 Å². The molecule has 3 aromatic rings. The highest BCUT2D eigenvalue weighted by atomic mass is 35.5. The highest BCUT2D eigenvalue weighted by molar-refractivity contribution is 8.00. The lowest BCUT2D eigenvalue weighted by Gasteiger charge is -2.13. The lowest BCUT2D eigenvalue weighted by atomic mass is 10.2. The van der Waals surface area contributed by atoms with E-state index < -0.39 is 10.2 Å². The molecule has 1 N–H and O–H groups in total. The number of aromatic nitrogens is 3. The van der Waals surface area contributed by atoms with Crippen molar-refractivity contribution in [3.8, 4) is 5.69 Å². The topological polar surface area (TPSA) is 103 Å². The fourth-order valence-electron chi connectivity index (χ4n) is 2.24. The van der Waals surface area contributed by atoms with E-state index in [0.29, 0.717) is 5.16 Å². The molecule has 1 aromatic heterocycles. The first kappa shape index (κ1) is 18.9. The summed E-state index contributed by atoms with van der Waals surface area (Å²) < 4.78 is 1.77. The Hall–Kier alpha value is -2.91. The average molecular weight is 404 g/mol. The minimum absolute atomic E-state index is 0.154. The van der Waals surface area contributed by atoms with Gasteiger partial charge in [-0.3, -0.25) is 19.5 Å². The quantitative estimate of drug-likeness (QED) is 0.379. The molecule has 27 heavy (non-hydrogen) atoms. The molecule has 0 radical (unpaired) electrons. The number of hydrogen-bond donors (Lipinski definition) is 1. The van der Waals surface area contributed by atoms with E-state index in [1.54, 1.807) is 17.8 Å². The number of nitrogens with one attached hydrogen (secondary N) is 1. The van der Waals surface area contributed by atoms with Gasteiger partial charge in [-0.2, -0.15) is 0 Å². The number of nitro benzene ring substituents is 1. The van der Waals surface area contributed by atoms with Crippen molar-refractivity contribution in [1.29, 1.82) is 0 Å². The van der Waals surface area contributed by atoms with Gasteiger partial charge in [0.15, 0.2) is 5.16 Å².